The van der Waals surface area contributed by atoms with Crippen molar-refractivity contribution in [3.8, 4) is 0 Å². The summed E-state index contributed by atoms with van der Waals surface area (Å²) in [7, 11) is 0. The lowest BCUT2D eigenvalue weighted by atomic mass is 9.82. The van der Waals surface area contributed by atoms with Crippen molar-refractivity contribution in [1.29, 1.82) is 0 Å². The number of cyclic esters (lactones) is 1. The van der Waals surface area contributed by atoms with Crippen LogP contribution in [0.4, 0.5) is 0 Å². The van der Waals surface area contributed by atoms with Crippen molar-refractivity contribution in [2.24, 2.45) is 5.92 Å². The van der Waals surface area contributed by atoms with Crippen LogP contribution < -0.4 is 0 Å². The molecule has 2 unspecified atom stereocenters. The van der Waals surface area contributed by atoms with Crippen molar-refractivity contribution < 1.29 is 28.9 Å². The molecule has 6 atom stereocenters. The summed E-state index contributed by atoms with van der Waals surface area (Å²) in [6, 6.07) is -0.0512. The normalized spacial score (nSPS) is 47.4. The summed E-state index contributed by atoms with van der Waals surface area (Å²) >= 11 is 0. The molecule has 7 heteroatoms. The maximum atomic E-state index is 12.9. The largest absolute Gasteiger partial charge is 0.459 e. The first kappa shape index (κ1) is 17.0. The Bertz CT molecular complexity index is 643. The number of carbonyl (C=O) groups is 2. The van der Waals surface area contributed by atoms with Crippen LogP contribution in [0.3, 0.4) is 0 Å². The van der Waals surface area contributed by atoms with Crippen molar-refractivity contribution in [2.45, 2.75) is 63.1 Å². The number of ether oxygens (including phenoxy) is 3. The third kappa shape index (κ3) is 2.52. The summed E-state index contributed by atoms with van der Waals surface area (Å²) in [5.41, 5.74) is -1.82. The lowest BCUT2D eigenvalue weighted by molar-refractivity contribution is -0.172. The lowest BCUT2D eigenvalue weighted by Gasteiger charge is -2.32. The molecule has 0 saturated carbocycles. The van der Waals surface area contributed by atoms with E-state index >= 15 is 0 Å². The fourth-order valence-corrected chi connectivity index (χ4v) is 4.31. The Morgan fingerprint density at radius 1 is 1.28 bits per heavy atom. The van der Waals surface area contributed by atoms with Crippen molar-refractivity contribution in [1.82, 2.24) is 4.90 Å². The third-order valence-corrected chi connectivity index (χ3v) is 6.36. The first-order chi connectivity index (χ1) is 11.8. The Morgan fingerprint density at radius 2 is 2.00 bits per heavy atom. The van der Waals surface area contributed by atoms with E-state index in [1.165, 1.54) is 6.92 Å². The highest BCUT2D eigenvalue weighted by Crippen LogP contribution is 2.46. The van der Waals surface area contributed by atoms with Gasteiger partial charge in [0.15, 0.2) is 11.2 Å². The van der Waals surface area contributed by atoms with Crippen LogP contribution in [0.2, 0.25) is 0 Å². The SMILES string of the molecule is CC1C[C@@]2(OC2C)C(=O)O[C@@H]2CCN3CC=C(COC(=O)[C@]1(C)O)[C@@H]23. The second-order valence-corrected chi connectivity index (χ2v) is 7.93. The molecule has 0 aromatic carbocycles. The van der Waals surface area contributed by atoms with Crippen LogP contribution in [0.5, 0.6) is 0 Å². The molecule has 3 saturated heterocycles. The lowest BCUT2D eigenvalue weighted by Crippen LogP contribution is -2.48. The van der Waals surface area contributed by atoms with E-state index in [1.54, 1.807) is 6.92 Å². The van der Waals surface area contributed by atoms with Gasteiger partial charge in [-0.2, -0.15) is 0 Å². The Balaban J connectivity index is 1.66. The Labute approximate surface area is 146 Å². The molecular weight excluding hydrogens is 326 g/mol. The third-order valence-electron chi connectivity index (χ3n) is 6.36. The fourth-order valence-electron chi connectivity index (χ4n) is 4.31. The molecule has 1 N–H and O–H groups in total. The molecule has 1 spiro atoms. The fraction of sp³-hybridized carbons (Fsp3) is 0.778. The number of hydrogen-bond donors (Lipinski definition) is 1. The van der Waals surface area contributed by atoms with Crippen LogP contribution >= 0.6 is 0 Å². The molecule has 25 heavy (non-hydrogen) atoms. The van der Waals surface area contributed by atoms with Crippen molar-refractivity contribution in [2.75, 3.05) is 19.7 Å². The first-order valence-electron chi connectivity index (χ1n) is 8.97. The highest BCUT2D eigenvalue weighted by molar-refractivity contribution is 5.84. The van der Waals surface area contributed by atoms with E-state index in [0.29, 0.717) is 0 Å². The van der Waals surface area contributed by atoms with Gasteiger partial charge in [0.25, 0.3) is 0 Å². The van der Waals surface area contributed by atoms with Crippen molar-refractivity contribution in [3.05, 3.63) is 11.6 Å². The zero-order valence-electron chi connectivity index (χ0n) is 14.9. The highest BCUT2D eigenvalue weighted by Gasteiger charge is 2.64. The quantitative estimate of drug-likeness (QED) is 0.384. The molecule has 4 aliphatic rings. The number of aliphatic hydroxyl groups is 1. The maximum Gasteiger partial charge on any atom is 0.341 e. The predicted molar refractivity (Wildman–Crippen MR) is 86.6 cm³/mol. The van der Waals surface area contributed by atoms with E-state index in [2.05, 4.69) is 4.90 Å². The van der Waals surface area contributed by atoms with Crippen LogP contribution in [0.1, 0.15) is 33.6 Å². The molecule has 0 radical (unpaired) electrons. The highest BCUT2D eigenvalue weighted by atomic mass is 16.7. The van der Waals surface area contributed by atoms with Crippen molar-refractivity contribution in [3.63, 3.8) is 0 Å². The number of rotatable bonds is 0. The minimum absolute atomic E-state index is 0.0512. The number of epoxide rings is 1. The molecule has 0 aromatic rings. The number of hydrogen-bond acceptors (Lipinski definition) is 7. The molecule has 0 aromatic heterocycles. The smallest absolute Gasteiger partial charge is 0.341 e. The molecule has 7 nitrogen and oxygen atoms in total. The van der Waals surface area contributed by atoms with E-state index in [9.17, 15) is 14.7 Å². The topological polar surface area (TPSA) is 88.6 Å². The van der Waals surface area contributed by atoms with Gasteiger partial charge in [-0.3, -0.25) is 4.90 Å². The van der Waals surface area contributed by atoms with Gasteiger partial charge in [-0.1, -0.05) is 13.0 Å². The Hall–Kier alpha value is -1.44. The molecular formula is C18H25NO6. The molecule has 0 bridgehead atoms. The monoisotopic (exact) mass is 351 g/mol. The Kier molecular flexibility index (Phi) is 3.76. The van der Waals surface area contributed by atoms with Gasteiger partial charge >= 0.3 is 11.9 Å². The molecule has 4 aliphatic heterocycles. The maximum absolute atomic E-state index is 12.9. The summed E-state index contributed by atoms with van der Waals surface area (Å²) in [4.78, 5) is 27.5. The van der Waals surface area contributed by atoms with Gasteiger partial charge < -0.3 is 19.3 Å². The summed E-state index contributed by atoms with van der Waals surface area (Å²) < 4.78 is 16.9. The van der Waals surface area contributed by atoms with Crippen LogP contribution in [-0.2, 0) is 23.8 Å². The van der Waals surface area contributed by atoms with E-state index in [4.69, 9.17) is 14.2 Å². The van der Waals surface area contributed by atoms with Crippen LogP contribution in [-0.4, -0.2) is 71.1 Å². The minimum atomic E-state index is -1.69. The average molecular weight is 351 g/mol. The van der Waals surface area contributed by atoms with E-state index < -0.39 is 23.1 Å². The number of carbonyl (C=O) groups excluding carboxylic acids is 2. The van der Waals surface area contributed by atoms with E-state index in [-0.39, 0.29) is 37.2 Å². The number of nitrogens with zero attached hydrogens (tertiary/aromatic N) is 1. The van der Waals surface area contributed by atoms with E-state index in [0.717, 1.165) is 25.1 Å². The first-order valence-corrected chi connectivity index (χ1v) is 8.97. The van der Waals surface area contributed by atoms with Gasteiger partial charge in [0.05, 0.1) is 12.1 Å². The summed E-state index contributed by atoms with van der Waals surface area (Å²) in [5, 5.41) is 10.7. The van der Waals surface area contributed by atoms with Gasteiger partial charge in [-0.15, -0.1) is 0 Å². The second kappa shape index (κ2) is 5.53. The zero-order chi connectivity index (χ0) is 18.0. The zero-order valence-corrected chi connectivity index (χ0v) is 14.9. The standard InChI is InChI=1S/C18H25NO6/c1-10-8-18(11(2)25-18)16(21)24-13-5-7-19-6-4-12(14(13)19)9-23-15(20)17(10,3)22/h4,10-11,13-14,22H,5-9H2,1-3H3/t10?,11?,13-,14+,17-,18+/m1/s1. The molecule has 4 rings (SSSR count). The van der Waals surface area contributed by atoms with Crippen LogP contribution in [0, 0.1) is 5.92 Å². The van der Waals surface area contributed by atoms with Gasteiger partial charge in [0.1, 0.15) is 12.7 Å². The molecule has 0 amide bonds. The average Bonchev–Trinajstić information content (AvgIpc) is 2.91. The molecule has 4 heterocycles. The molecule has 0 aliphatic carbocycles. The van der Waals surface area contributed by atoms with Gasteiger partial charge in [-0.05, 0) is 38.2 Å². The Morgan fingerprint density at radius 3 is 2.68 bits per heavy atom. The predicted octanol–water partition coefficient (Wildman–Crippen LogP) is 0.404. The van der Waals surface area contributed by atoms with Gasteiger partial charge in [0, 0.05) is 13.1 Å². The summed E-state index contributed by atoms with van der Waals surface area (Å²) in [6.45, 7) is 6.70. The number of esters is 2. The van der Waals surface area contributed by atoms with E-state index in [1.807, 2.05) is 13.0 Å². The van der Waals surface area contributed by atoms with Gasteiger partial charge in [-0.25, -0.2) is 9.59 Å². The molecule has 3 fully saturated rings. The van der Waals surface area contributed by atoms with Crippen LogP contribution in [0.15, 0.2) is 11.6 Å². The van der Waals surface area contributed by atoms with Gasteiger partial charge in [0.2, 0.25) is 0 Å². The molecule has 138 valence electrons. The minimum Gasteiger partial charge on any atom is -0.459 e. The van der Waals surface area contributed by atoms with Crippen LogP contribution in [0.25, 0.3) is 0 Å². The second-order valence-electron chi connectivity index (χ2n) is 7.93. The van der Waals surface area contributed by atoms with Crippen molar-refractivity contribution >= 4 is 11.9 Å². The summed E-state index contributed by atoms with van der Waals surface area (Å²) in [6.07, 6.45) is 2.48. The summed E-state index contributed by atoms with van der Waals surface area (Å²) in [5.74, 6) is -1.55.